The van der Waals surface area contributed by atoms with Gasteiger partial charge in [-0.25, -0.2) is 5.01 Å². The van der Waals surface area contributed by atoms with Gasteiger partial charge in [0, 0.05) is 30.4 Å². The number of hydrogen-bond donors (Lipinski definition) is 1. The molecule has 1 aromatic heterocycles. The van der Waals surface area contributed by atoms with Crippen LogP contribution < -0.4 is 10.3 Å². The maximum atomic E-state index is 6.06. The Balaban J connectivity index is 2.32. The molecule has 0 aliphatic carbocycles. The number of nitrogens with zero attached hydrogens (tertiary/aromatic N) is 4. The van der Waals surface area contributed by atoms with Gasteiger partial charge in [-0.05, 0) is 37.3 Å². The SMILES string of the molecule is CNc1ccc(Cl)cc1/C(C)=N\N(C)c1ccc(Cl)nn1. The highest BCUT2D eigenvalue weighted by molar-refractivity contribution is 6.31. The zero-order valence-corrected chi connectivity index (χ0v) is 13.4. The molecule has 21 heavy (non-hydrogen) atoms. The van der Waals surface area contributed by atoms with E-state index in [1.165, 1.54) is 0 Å². The van der Waals surface area contributed by atoms with E-state index in [0.717, 1.165) is 17.0 Å². The summed E-state index contributed by atoms with van der Waals surface area (Å²) in [4.78, 5) is 0. The van der Waals surface area contributed by atoms with Gasteiger partial charge < -0.3 is 5.32 Å². The van der Waals surface area contributed by atoms with E-state index < -0.39 is 0 Å². The largest absolute Gasteiger partial charge is 0.388 e. The third-order valence-corrected chi connectivity index (χ3v) is 3.33. The van der Waals surface area contributed by atoms with Crippen LogP contribution >= 0.6 is 23.2 Å². The summed E-state index contributed by atoms with van der Waals surface area (Å²) in [5, 5.41) is 18.0. The minimum absolute atomic E-state index is 0.347. The van der Waals surface area contributed by atoms with Crippen LogP contribution in [0.5, 0.6) is 0 Å². The summed E-state index contributed by atoms with van der Waals surface area (Å²) in [6.45, 7) is 1.91. The van der Waals surface area contributed by atoms with Gasteiger partial charge in [-0.3, -0.25) is 0 Å². The highest BCUT2D eigenvalue weighted by Gasteiger charge is 2.08. The first-order valence-electron chi connectivity index (χ1n) is 6.27. The molecule has 0 bridgehead atoms. The summed E-state index contributed by atoms with van der Waals surface area (Å²) >= 11 is 11.8. The highest BCUT2D eigenvalue weighted by Crippen LogP contribution is 2.22. The number of hydrazone groups is 1. The first-order valence-corrected chi connectivity index (χ1v) is 7.02. The Morgan fingerprint density at radius 1 is 1.19 bits per heavy atom. The van der Waals surface area contributed by atoms with Gasteiger partial charge in [-0.15, -0.1) is 10.2 Å². The first kappa shape index (κ1) is 15.5. The predicted molar refractivity (Wildman–Crippen MR) is 88.7 cm³/mol. The van der Waals surface area contributed by atoms with Crippen LogP contribution in [0.4, 0.5) is 11.5 Å². The normalized spacial score (nSPS) is 11.4. The number of rotatable bonds is 4. The van der Waals surface area contributed by atoms with Crippen LogP contribution in [0.15, 0.2) is 35.4 Å². The van der Waals surface area contributed by atoms with E-state index in [1.54, 1.807) is 24.2 Å². The minimum atomic E-state index is 0.347. The molecule has 1 N–H and O–H groups in total. The van der Waals surface area contributed by atoms with Gasteiger partial charge in [-0.1, -0.05) is 23.2 Å². The molecule has 0 saturated carbocycles. The second kappa shape index (κ2) is 6.74. The van der Waals surface area contributed by atoms with E-state index in [2.05, 4.69) is 20.6 Å². The van der Waals surface area contributed by atoms with Crippen molar-refractivity contribution in [2.24, 2.45) is 5.10 Å². The van der Waals surface area contributed by atoms with E-state index in [9.17, 15) is 0 Å². The minimum Gasteiger partial charge on any atom is -0.388 e. The van der Waals surface area contributed by atoms with Crippen molar-refractivity contribution < 1.29 is 0 Å². The summed E-state index contributed by atoms with van der Waals surface area (Å²) < 4.78 is 0. The van der Waals surface area contributed by atoms with Crippen molar-refractivity contribution in [2.75, 3.05) is 24.4 Å². The lowest BCUT2D eigenvalue weighted by atomic mass is 10.1. The lowest BCUT2D eigenvalue weighted by Gasteiger charge is -2.14. The van der Waals surface area contributed by atoms with Crippen molar-refractivity contribution in [2.45, 2.75) is 6.92 Å². The predicted octanol–water partition coefficient (Wildman–Crippen LogP) is 3.69. The van der Waals surface area contributed by atoms with Crippen molar-refractivity contribution in [3.05, 3.63) is 46.1 Å². The quantitative estimate of drug-likeness (QED) is 0.688. The van der Waals surface area contributed by atoms with Crippen LogP contribution in [-0.2, 0) is 0 Å². The average molecular weight is 324 g/mol. The third kappa shape index (κ3) is 3.83. The average Bonchev–Trinajstić information content (AvgIpc) is 2.47. The zero-order chi connectivity index (χ0) is 15.4. The molecule has 5 nitrogen and oxygen atoms in total. The number of nitrogens with one attached hydrogen (secondary N) is 1. The molecule has 0 aliphatic heterocycles. The molecule has 2 rings (SSSR count). The standard InChI is InChI=1S/C14H15Cl2N5/c1-9(11-8-10(15)4-5-12(11)17-2)20-21(3)14-7-6-13(16)18-19-14/h4-8,17H,1-3H3/b20-9-. The molecule has 0 saturated heterocycles. The topological polar surface area (TPSA) is 53.4 Å². The molecule has 1 heterocycles. The first-order chi connectivity index (χ1) is 10.0. The second-order valence-corrected chi connectivity index (χ2v) is 5.19. The molecule has 7 heteroatoms. The van der Waals surface area contributed by atoms with Crippen LogP contribution in [0, 0.1) is 0 Å². The second-order valence-electron chi connectivity index (χ2n) is 4.36. The van der Waals surface area contributed by atoms with Crippen LogP contribution in [0.3, 0.4) is 0 Å². The number of halogens is 2. The van der Waals surface area contributed by atoms with Gasteiger partial charge >= 0.3 is 0 Å². The van der Waals surface area contributed by atoms with Gasteiger partial charge in [0.2, 0.25) is 0 Å². The summed E-state index contributed by atoms with van der Waals surface area (Å²) in [5.41, 5.74) is 2.69. The highest BCUT2D eigenvalue weighted by atomic mass is 35.5. The number of anilines is 2. The Kier molecular flexibility index (Phi) is 4.98. The van der Waals surface area contributed by atoms with Gasteiger partial charge in [0.25, 0.3) is 0 Å². The fourth-order valence-electron chi connectivity index (χ4n) is 1.85. The molecule has 0 radical (unpaired) electrons. The van der Waals surface area contributed by atoms with Crippen molar-refractivity contribution in [1.29, 1.82) is 0 Å². The van der Waals surface area contributed by atoms with Gasteiger partial charge in [0.05, 0.1) is 5.71 Å². The Bertz CT molecular complexity index is 655. The third-order valence-electron chi connectivity index (χ3n) is 2.89. The van der Waals surface area contributed by atoms with Crippen LogP contribution in [0.1, 0.15) is 12.5 Å². The van der Waals surface area contributed by atoms with Crippen molar-refractivity contribution in [3.63, 3.8) is 0 Å². The molecule has 0 amide bonds. The summed E-state index contributed by atoms with van der Waals surface area (Å²) in [6.07, 6.45) is 0. The molecule has 0 atom stereocenters. The number of aromatic nitrogens is 2. The van der Waals surface area contributed by atoms with Crippen molar-refractivity contribution in [1.82, 2.24) is 10.2 Å². The molecule has 1 aromatic carbocycles. The smallest absolute Gasteiger partial charge is 0.171 e. The van der Waals surface area contributed by atoms with Gasteiger partial charge in [0.15, 0.2) is 11.0 Å². The van der Waals surface area contributed by atoms with Crippen LogP contribution in [0.2, 0.25) is 10.2 Å². The van der Waals surface area contributed by atoms with E-state index in [1.807, 2.05) is 32.2 Å². The molecule has 2 aromatic rings. The monoisotopic (exact) mass is 323 g/mol. The summed E-state index contributed by atoms with van der Waals surface area (Å²) in [6, 6.07) is 9.04. The maximum absolute atomic E-state index is 6.06. The molecule has 0 fully saturated rings. The summed E-state index contributed by atoms with van der Waals surface area (Å²) in [7, 11) is 3.65. The Hall–Kier alpha value is -1.85. The molecule has 110 valence electrons. The Morgan fingerprint density at radius 2 is 1.95 bits per heavy atom. The molecular weight excluding hydrogens is 309 g/mol. The van der Waals surface area contributed by atoms with E-state index in [4.69, 9.17) is 23.2 Å². The van der Waals surface area contributed by atoms with Gasteiger partial charge in [-0.2, -0.15) is 5.10 Å². The van der Waals surface area contributed by atoms with E-state index >= 15 is 0 Å². The van der Waals surface area contributed by atoms with Crippen LogP contribution in [0.25, 0.3) is 0 Å². The van der Waals surface area contributed by atoms with E-state index in [0.29, 0.717) is 16.0 Å². The molecule has 0 spiro atoms. The molecular formula is C14H15Cl2N5. The van der Waals surface area contributed by atoms with Gasteiger partial charge in [0.1, 0.15) is 0 Å². The molecule has 0 unspecified atom stereocenters. The molecule has 0 aliphatic rings. The fourth-order valence-corrected chi connectivity index (χ4v) is 2.12. The maximum Gasteiger partial charge on any atom is 0.171 e. The van der Waals surface area contributed by atoms with E-state index in [-0.39, 0.29) is 0 Å². The lowest BCUT2D eigenvalue weighted by Crippen LogP contribution is -2.14. The Labute approximate surface area is 133 Å². The van der Waals surface area contributed by atoms with Crippen molar-refractivity contribution >= 4 is 40.4 Å². The number of hydrogen-bond acceptors (Lipinski definition) is 5. The zero-order valence-electron chi connectivity index (χ0n) is 11.9. The van der Waals surface area contributed by atoms with Crippen molar-refractivity contribution in [3.8, 4) is 0 Å². The Morgan fingerprint density at radius 3 is 2.57 bits per heavy atom. The summed E-state index contributed by atoms with van der Waals surface area (Å²) in [5.74, 6) is 0.604. The number of benzene rings is 1. The fraction of sp³-hybridized carbons (Fsp3) is 0.214. The van der Waals surface area contributed by atoms with Crippen LogP contribution in [-0.4, -0.2) is 30.0 Å². The lowest BCUT2D eigenvalue weighted by molar-refractivity contribution is 0.918.